The lowest BCUT2D eigenvalue weighted by Gasteiger charge is -2.36. The molecule has 0 saturated carbocycles. The van der Waals surface area contributed by atoms with Crippen LogP contribution in [0.2, 0.25) is 0 Å². The molecule has 0 bridgehead atoms. The van der Waals surface area contributed by atoms with E-state index in [-0.39, 0.29) is 0 Å². The number of piperazine rings is 1. The second-order valence-corrected chi connectivity index (χ2v) is 11.8. The van der Waals surface area contributed by atoms with Crippen LogP contribution >= 0.6 is 0 Å². The van der Waals surface area contributed by atoms with Crippen LogP contribution in [-0.2, 0) is 10.0 Å². The molecule has 206 valence electrons. The molecule has 0 atom stereocenters. The van der Waals surface area contributed by atoms with Crippen molar-refractivity contribution in [2.45, 2.75) is 30.6 Å². The van der Waals surface area contributed by atoms with Gasteiger partial charge in [0.2, 0.25) is 10.0 Å². The number of unbranched alkanes of at least 4 members (excludes halogenated alkanes) is 3. The highest BCUT2D eigenvalue weighted by Gasteiger charge is 2.20. The Kier molecular flexibility index (Phi) is 9.35. The van der Waals surface area contributed by atoms with E-state index >= 15 is 0 Å². The molecule has 3 N–H and O–H groups in total. The van der Waals surface area contributed by atoms with Gasteiger partial charge in [0.05, 0.1) is 17.7 Å². The molecule has 4 rings (SSSR count). The Bertz CT molecular complexity index is 1320. The third-order valence-electron chi connectivity index (χ3n) is 7.24. The van der Waals surface area contributed by atoms with Gasteiger partial charge in [-0.25, -0.2) is 13.1 Å². The number of ether oxygens (including phenoxy) is 1. The zero-order valence-corrected chi connectivity index (χ0v) is 23.6. The minimum Gasteiger partial charge on any atom is -0.495 e. The first-order chi connectivity index (χ1) is 18.3. The quantitative estimate of drug-likeness (QED) is 0.264. The van der Waals surface area contributed by atoms with Gasteiger partial charge in [-0.05, 0) is 49.7 Å². The zero-order chi connectivity index (χ0) is 27.1. The summed E-state index contributed by atoms with van der Waals surface area (Å²) in [6.07, 6.45) is 4.04. The van der Waals surface area contributed by atoms with Crippen LogP contribution in [0.25, 0.3) is 10.8 Å². The van der Waals surface area contributed by atoms with E-state index in [4.69, 9.17) is 10.5 Å². The van der Waals surface area contributed by atoms with E-state index in [2.05, 4.69) is 14.5 Å². The molecule has 1 heterocycles. The summed E-state index contributed by atoms with van der Waals surface area (Å²) in [7, 11) is 2.05. The zero-order valence-electron chi connectivity index (χ0n) is 22.8. The van der Waals surface area contributed by atoms with Gasteiger partial charge in [0.1, 0.15) is 5.75 Å². The molecular weight excluding hydrogens is 498 g/mol. The number of benzene rings is 3. The van der Waals surface area contributed by atoms with Crippen molar-refractivity contribution in [3.05, 3.63) is 54.6 Å². The monoisotopic (exact) mass is 539 g/mol. The summed E-state index contributed by atoms with van der Waals surface area (Å²) < 4.78 is 34.4. The van der Waals surface area contributed by atoms with Crippen molar-refractivity contribution in [2.75, 3.05) is 76.0 Å². The number of fused-ring (bicyclic) bond motifs is 1. The van der Waals surface area contributed by atoms with Crippen LogP contribution in [0.15, 0.2) is 59.5 Å². The van der Waals surface area contributed by atoms with Gasteiger partial charge in [-0.1, -0.05) is 37.1 Å². The summed E-state index contributed by atoms with van der Waals surface area (Å²) in [6, 6.07) is 17.1. The third-order valence-corrected chi connectivity index (χ3v) is 8.76. The first-order valence-electron chi connectivity index (χ1n) is 13.4. The Balaban J connectivity index is 1.18. The van der Waals surface area contributed by atoms with E-state index in [1.807, 2.05) is 67.5 Å². The Morgan fingerprint density at radius 2 is 1.63 bits per heavy atom. The summed E-state index contributed by atoms with van der Waals surface area (Å²) in [5.74, 6) is 0.863. The first-order valence-corrected chi connectivity index (χ1v) is 14.9. The SMILES string of the molecule is COc1ccc(N)cc1N1CCN(CCCCCCNS(=O)(=O)c2cccc3c(N(C)C)cccc23)CC1. The Hall–Kier alpha value is -3.01. The molecule has 0 spiro atoms. The van der Waals surface area contributed by atoms with Gasteiger partial charge < -0.3 is 20.3 Å². The first kappa shape index (κ1) is 28.0. The van der Waals surface area contributed by atoms with E-state index in [1.165, 1.54) is 0 Å². The molecule has 3 aromatic rings. The minimum absolute atomic E-state index is 0.341. The summed E-state index contributed by atoms with van der Waals surface area (Å²) in [6.45, 7) is 5.44. The van der Waals surface area contributed by atoms with Gasteiger partial charge in [-0.3, -0.25) is 4.90 Å². The number of rotatable bonds is 12. The normalized spacial score (nSPS) is 14.7. The summed E-state index contributed by atoms with van der Waals surface area (Å²) in [4.78, 5) is 7.19. The van der Waals surface area contributed by atoms with Crippen molar-refractivity contribution < 1.29 is 13.2 Å². The number of nitrogen functional groups attached to an aromatic ring is 1. The van der Waals surface area contributed by atoms with Gasteiger partial charge in [-0.2, -0.15) is 0 Å². The molecule has 0 amide bonds. The summed E-state index contributed by atoms with van der Waals surface area (Å²) in [5.41, 5.74) is 8.81. The highest BCUT2D eigenvalue weighted by Crippen LogP contribution is 2.31. The molecule has 38 heavy (non-hydrogen) atoms. The number of hydrogen-bond donors (Lipinski definition) is 2. The van der Waals surface area contributed by atoms with Crippen molar-refractivity contribution in [1.29, 1.82) is 0 Å². The molecule has 1 saturated heterocycles. The lowest BCUT2D eigenvalue weighted by molar-refractivity contribution is 0.251. The molecule has 1 fully saturated rings. The number of sulfonamides is 1. The van der Waals surface area contributed by atoms with Crippen molar-refractivity contribution >= 4 is 37.9 Å². The third kappa shape index (κ3) is 6.70. The maximum absolute atomic E-state index is 13.1. The van der Waals surface area contributed by atoms with Crippen molar-refractivity contribution in [3.8, 4) is 5.75 Å². The number of nitrogens with two attached hydrogens (primary N) is 1. The van der Waals surface area contributed by atoms with E-state index < -0.39 is 10.0 Å². The highest BCUT2D eigenvalue weighted by molar-refractivity contribution is 7.89. The van der Waals surface area contributed by atoms with Gasteiger partial charge >= 0.3 is 0 Å². The highest BCUT2D eigenvalue weighted by atomic mass is 32.2. The van der Waals surface area contributed by atoms with Gasteiger partial charge in [-0.15, -0.1) is 0 Å². The van der Waals surface area contributed by atoms with Crippen molar-refractivity contribution in [3.63, 3.8) is 0 Å². The molecule has 8 nitrogen and oxygen atoms in total. The van der Waals surface area contributed by atoms with Gasteiger partial charge in [0.25, 0.3) is 0 Å². The van der Waals surface area contributed by atoms with Crippen LogP contribution in [0.1, 0.15) is 25.7 Å². The van der Waals surface area contributed by atoms with E-state index in [0.717, 1.165) is 92.0 Å². The largest absolute Gasteiger partial charge is 0.495 e. The fourth-order valence-electron chi connectivity index (χ4n) is 5.15. The molecule has 3 aromatic carbocycles. The van der Waals surface area contributed by atoms with Gasteiger partial charge in [0.15, 0.2) is 0 Å². The lowest BCUT2D eigenvalue weighted by Crippen LogP contribution is -2.46. The van der Waals surface area contributed by atoms with Crippen LogP contribution in [-0.4, -0.2) is 73.8 Å². The molecule has 1 aliphatic rings. The standard InChI is InChI=1S/C29H41N5O3S/c1-32(2)26-12-8-11-25-24(26)10-9-13-29(25)38(35,36)31-16-6-4-5-7-17-33-18-20-34(21-19-33)27-22-23(30)14-15-28(27)37-3/h8-15,22,31H,4-7,16-21,30H2,1-3H3. The number of hydrogen-bond acceptors (Lipinski definition) is 7. The smallest absolute Gasteiger partial charge is 0.241 e. The second-order valence-electron chi connectivity index (χ2n) is 10.1. The molecule has 9 heteroatoms. The van der Waals surface area contributed by atoms with Crippen LogP contribution < -0.4 is 25.0 Å². The fourth-order valence-corrected chi connectivity index (χ4v) is 6.45. The molecule has 0 radical (unpaired) electrons. The predicted molar refractivity (Wildman–Crippen MR) is 158 cm³/mol. The second kappa shape index (κ2) is 12.7. The minimum atomic E-state index is -3.57. The maximum atomic E-state index is 13.1. The molecule has 0 aliphatic carbocycles. The van der Waals surface area contributed by atoms with Crippen LogP contribution in [0, 0.1) is 0 Å². The average molecular weight is 540 g/mol. The molecule has 1 aliphatic heterocycles. The van der Waals surface area contributed by atoms with Crippen molar-refractivity contribution in [1.82, 2.24) is 9.62 Å². The Labute approximate surface area is 227 Å². The Morgan fingerprint density at radius 3 is 2.37 bits per heavy atom. The van der Waals surface area contributed by atoms with Crippen LogP contribution in [0.5, 0.6) is 5.75 Å². The van der Waals surface area contributed by atoms with Crippen molar-refractivity contribution in [2.24, 2.45) is 0 Å². The number of anilines is 3. The fraction of sp³-hybridized carbons (Fsp3) is 0.448. The molecular formula is C29H41N5O3S. The van der Waals surface area contributed by atoms with Gasteiger partial charge in [0, 0.05) is 69.0 Å². The number of methoxy groups -OCH3 is 1. The van der Waals surface area contributed by atoms with E-state index in [9.17, 15) is 8.42 Å². The lowest BCUT2D eigenvalue weighted by atomic mass is 10.1. The van der Waals surface area contributed by atoms with E-state index in [1.54, 1.807) is 13.2 Å². The van der Waals surface area contributed by atoms with E-state index in [0.29, 0.717) is 11.4 Å². The number of nitrogens with zero attached hydrogens (tertiary/aromatic N) is 3. The average Bonchev–Trinajstić information content (AvgIpc) is 2.92. The van der Waals surface area contributed by atoms with Crippen LogP contribution in [0.4, 0.5) is 17.1 Å². The predicted octanol–water partition coefficient (Wildman–Crippen LogP) is 4.16. The van der Waals surface area contributed by atoms with Crippen LogP contribution in [0.3, 0.4) is 0 Å². The maximum Gasteiger partial charge on any atom is 0.241 e. The summed E-state index contributed by atoms with van der Waals surface area (Å²) in [5, 5.41) is 1.69. The molecule has 0 unspecified atom stereocenters. The number of nitrogens with one attached hydrogen (secondary N) is 1. The molecule has 0 aromatic heterocycles. The topological polar surface area (TPSA) is 91.1 Å². The summed E-state index contributed by atoms with van der Waals surface area (Å²) >= 11 is 0. The Morgan fingerprint density at radius 1 is 0.921 bits per heavy atom.